The molecule has 1 saturated heterocycles. The van der Waals surface area contributed by atoms with Gasteiger partial charge in [-0.15, -0.1) is 0 Å². The van der Waals surface area contributed by atoms with E-state index in [1.54, 1.807) is 13.3 Å². The maximum atomic E-state index is 12.4. The first-order chi connectivity index (χ1) is 11.3. The molecule has 2 heterocycles. The first-order valence-corrected chi connectivity index (χ1v) is 7.79. The number of hydrogen-bond donors (Lipinski definition) is 1. The Balaban J connectivity index is 1.76. The van der Waals surface area contributed by atoms with Crippen LogP contribution in [-0.2, 0) is 17.8 Å². The number of nitrogens with one attached hydrogen (secondary N) is 1. The Hall–Kier alpha value is -2.40. The lowest BCUT2D eigenvalue weighted by Gasteiger charge is -2.36. The molecule has 1 aliphatic rings. The summed E-state index contributed by atoms with van der Waals surface area (Å²) in [5.74, 6) is 0.936. The van der Waals surface area contributed by atoms with Gasteiger partial charge in [0.15, 0.2) is 0 Å². The minimum atomic E-state index is 0.109. The molecule has 5 heteroatoms. The number of benzene rings is 1. The van der Waals surface area contributed by atoms with Crippen LogP contribution in [0.4, 0.5) is 0 Å². The van der Waals surface area contributed by atoms with Gasteiger partial charge in [-0.05, 0) is 29.8 Å². The number of methoxy groups -OCH3 is 1. The molecule has 1 N–H and O–H groups in total. The van der Waals surface area contributed by atoms with E-state index in [4.69, 9.17) is 4.74 Å². The molecule has 0 aliphatic carbocycles. The summed E-state index contributed by atoms with van der Waals surface area (Å²) in [7, 11) is 1.65. The van der Waals surface area contributed by atoms with Crippen molar-refractivity contribution >= 4 is 5.91 Å². The van der Waals surface area contributed by atoms with Crippen LogP contribution in [-0.4, -0.2) is 42.0 Å². The zero-order valence-corrected chi connectivity index (χ0v) is 13.2. The highest BCUT2D eigenvalue weighted by Gasteiger charge is 2.28. The average Bonchev–Trinajstić information content (AvgIpc) is 2.59. The molecule has 1 aromatic carbocycles. The lowest BCUT2D eigenvalue weighted by Crippen LogP contribution is -2.55. The minimum absolute atomic E-state index is 0.109. The highest BCUT2D eigenvalue weighted by molar-refractivity contribution is 5.79. The average molecular weight is 311 g/mol. The summed E-state index contributed by atoms with van der Waals surface area (Å²) in [6.07, 6.45) is 2.54. The molecule has 0 bridgehead atoms. The molecule has 1 aromatic heterocycles. The van der Waals surface area contributed by atoms with E-state index in [9.17, 15) is 4.79 Å². The fraction of sp³-hybridized carbons (Fsp3) is 0.333. The first-order valence-electron chi connectivity index (χ1n) is 7.79. The van der Waals surface area contributed by atoms with E-state index in [0.717, 1.165) is 30.0 Å². The Morgan fingerprint density at radius 3 is 3.00 bits per heavy atom. The summed E-state index contributed by atoms with van der Waals surface area (Å²) in [6, 6.07) is 13.9. The number of piperazine rings is 1. The van der Waals surface area contributed by atoms with Crippen molar-refractivity contribution < 1.29 is 9.53 Å². The zero-order chi connectivity index (χ0) is 16.1. The van der Waals surface area contributed by atoms with Crippen LogP contribution >= 0.6 is 0 Å². The third-order valence-corrected chi connectivity index (χ3v) is 4.08. The second kappa shape index (κ2) is 7.24. The zero-order valence-electron chi connectivity index (χ0n) is 13.2. The van der Waals surface area contributed by atoms with Crippen LogP contribution in [0.1, 0.15) is 11.3 Å². The van der Waals surface area contributed by atoms with Gasteiger partial charge in [0.2, 0.25) is 5.91 Å². The summed E-state index contributed by atoms with van der Waals surface area (Å²) in [4.78, 5) is 18.7. The third kappa shape index (κ3) is 3.87. The van der Waals surface area contributed by atoms with Crippen molar-refractivity contribution in [1.29, 1.82) is 0 Å². The fourth-order valence-electron chi connectivity index (χ4n) is 2.89. The smallest absolute Gasteiger partial charge is 0.237 e. The van der Waals surface area contributed by atoms with Crippen LogP contribution in [0.3, 0.4) is 0 Å². The van der Waals surface area contributed by atoms with Gasteiger partial charge in [-0.25, -0.2) is 0 Å². The molecular weight excluding hydrogens is 290 g/mol. The van der Waals surface area contributed by atoms with Crippen LogP contribution in [0.2, 0.25) is 0 Å². The van der Waals surface area contributed by atoms with Gasteiger partial charge in [0.05, 0.1) is 19.7 Å². The van der Waals surface area contributed by atoms with Gasteiger partial charge >= 0.3 is 0 Å². The van der Waals surface area contributed by atoms with Crippen molar-refractivity contribution in [2.24, 2.45) is 0 Å². The van der Waals surface area contributed by atoms with Crippen molar-refractivity contribution in [3.05, 3.63) is 59.9 Å². The second-order valence-corrected chi connectivity index (χ2v) is 5.68. The molecule has 23 heavy (non-hydrogen) atoms. The van der Waals surface area contributed by atoms with E-state index in [0.29, 0.717) is 13.1 Å². The Morgan fingerprint density at radius 2 is 2.22 bits per heavy atom. The number of ether oxygens (including phenoxy) is 1. The predicted molar refractivity (Wildman–Crippen MR) is 88.1 cm³/mol. The van der Waals surface area contributed by atoms with E-state index < -0.39 is 0 Å². The lowest BCUT2D eigenvalue weighted by atomic mass is 10.0. The maximum absolute atomic E-state index is 12.4. The standard InChI is InChI=1S/C18H21N3O2/c1-23-17-7-4-5-14(9-17)13-21-16(11-19-12-18(21)22)10-15-6-2-3-8-20-15/h2-9,16,19H,10-13H2,1H3/t16-/m0/s1. The van der Waals surface area contributed by atoms with Crippen molar-refractivity contribution in [2.75, 3.05) is 20.2 Å². The summed E-state index contributed by atoms with van der Waals surface area (Å²) in [5, 5.41) is 3.20. The first kappa shape index (κ1) is 15.5. The van der Waals surface area contributed by atoms with Gasteiger partial charge in [0.25, 0.3) is 0 Å². The predicted octanol–water partition coefficient (Wildman–Crippen LogP) is 1.63. The largest absolute Gasteiger partial charge is 0.497 e. The van der Waals surface area contributed by atoms with Crippen molar-refractivity contribution in [2.45, 2.75) is 19.0 Å². The van der Waals surface area contributed by atoms with Crippen molar-refractivity contribution in [1.82, 2.24) is 15.2 Å². The SMILES string of the molecule is COc1cccc(CN2C(=O)CNC[C@@H]2Cc2ccccn2)c1. The number of hydrogen-bond acceptors (Lipinski definition) is 4. The summed E-state index contributed by atoms with van der Waals surface area (Å²) in [5.41, 5.74) is 2.08. The normalized spacial score (nSPS) is 18.0. The summed E-state index contributed by atoms with van der Waals surface area (Å²) in [6.45, 7) is 1.77. The van der Waals surface area contributed by atoms with E-state index in [2.05, 4.69) is 10.3 Å². The van der Waals surface area contributed by atoms with E-state index in [1.165, 1.54) is 0 Å². The molecular formula is C18H21N3O2. The molecule has 3 rings (SSSR count). The van der Waals surface area contributed by atoms with Crippen LogP contribution in [0.15, 0.2) is 48.7 Å². The molecule has 2 aromatic rings. The van der Waals surface area contributed by atoms with Gasteiger partial charge in [-0.3, -0.25) is 9.78 Å². The Bertz CT molecular complexity index is 660. The highest BCUT2D eigenvalue weighted by Crippen LogP contribution is 2.18. The molecule has 0 saturated carbocycles. The molecule has 0 spiro atoms. The quantitative estimate of drug-likeness (QED) is 0.912. The molecule has 1 fully saturated rings. The molecule has 5 nitrogen and oxygen atoms in total. The van der Waals surface area contributed by atoms with Crippen LogP contribution in [0, 0.1) is 0 Å². The number of rotatable bonds is 5. The topological polar surface area (TPSA) is 54.5 Å². The van der Waals surface area contributed by atoms with Crippen LogP contribution in [0.25, 0.3) is 0 Å². The monoisotopic (exact) mass is 311 g/mol. The molecule has 1 amide bonds. The van der Waals surface area contributed by atoms with Crippen LogP contribution in [0.5, 0.6) is 5.75 Å². The van der Waals surface area contributed by atoms with Gasteiger partial charge in [-0.2, -0.15) is 0 Å². The molecule has 120 valence electrons. The molecule has 1 atom stereocenters. The Morgan fingerprint density at radius 1 is 1.30 bits per heavy atom. The number of pyridine rings is 1. The van der Waals surface area contributed by atoms with Gasteiger partial charge < -0.3 is 15.0 Å². The maximum Gasteiger partial charge on any atom is 0.237 e. The van der Waals surface area contributed by atoms with Crippen LogP contribution < -0.4 is 10.1 Å². The number of amides is 1. The van der Waals surface area contributed by atoms with E-state index in [-0.39, 0.29) is 11.9 Å². The van der Waals surface area contributed by atoms with Crippen molar-refractivity contribution in [3.63, 3.8) is 0 Å². The number of nitrogens with zero attached hydrogens (tertiary/aromatic N) is 2. The van der Waals surface area contributed by atoms with Gasteiger partial charge in [0, 0.05) is 31.4 Å². The highest BCUT2D eigenvalue weighted by atomic mass is 16.5. The summed E-state index contributed by atoms with van der Waals surface area (Å²) < 4.78 is 5.27. The molecule has 1 aliphatic heterocycles. The number of carbonyl (C=O) groups excluding carboxylic acids is 1. The van der Waals surface area contributed by atoms with Crippen molar-refractivity contribution in [3.8, 4) is 5.75 Å². The Kier molecular flexibility index (Phi) is 4.88. The Labute approximate surface area is 136 Å². The minimum Gasteiger partial charge on any atom is -0.497 e. The fourth-order valence-corrected chi connectivity index (χ4v) is 2.89. The summed E-state index contributed by atoms with van der Waals surface area (Å²) >= 11 is 0. The van der Waals surface area contributed by atoms with E-state index in [1.807, 2.05) is 47.4 Å². The lowest BCUT2D eigenvalue weighted by molar-refractivity contribution is -0.135. The van der Waals surface area contributed by atoms with Gasteiger partial charge in [-0.1, -0.05) is 18.2 Å². The van der Waals surface area contributed by atoms with Gasteiger partial charge in [0.1, 0.15) is 5.75 Å². The van der Waals surface area contributed by atoms with E-state index >= 15 is 0 Å². The number of aromatic nitrogens is 1. The third-order valence-electron chi connectivity index (χ3n) is 4.08. The molecule has 0 radical (unpaired) electrons. The molecule has 0 unspecified atom stereocenters. The second-order valence-electron chi connectivity index (χ2n) is 5.68. The number of carbonyl (C=O) groups is 1.